The van der Waals surface area contributed by atoms with Crippen LogP contribution in [0.5, 0.6) is 0 Å². The Morgan fingerprint density at radius 3 is 2.27 bits per heavy atom. The first-order valence-electron chi connectivity index (χ1n) is 12.2. The first-order valence-corrected chi connectivity index (χ1v) is 12.6. The van der Waals surface area contributed by atoms with Crippen molar-refractivity contribution >= 4 is 24.0 Å². The molecular weight excluding hydrogens is 409 g/mol. The van der Waals surface area contributed by atoms with E-state index < -0.39 is 0 Å². The summed E-state index contributed by atoms with van der Waals surface area (Å²) in [6, 6.07) is 6.90. The maximum absolute atomic E-state index is 6.78. The summed E-state index contributed by atoms with van der Waals surface area (Å²) in [6.07, 6.45) is 14.8. The fourth-order valence-corrected chi connectivity index (χ4v) is 6.81. The number of halogens is 2. The molecule has 0 radical (unpaired) electrons. The molecule has 2 aliphatic rings. The van der Waals surface area contributed by atoms with E-state index in [-0.39, 0.29) is 12.4 Å². The molecule has 0 atom stereocenters. The molecule has 2 saturated carbocycles. The van der Waals surface area contributed by atoms with Gasteiger partial charge in [0.2, 0.25) is 0 Å². The quantitative estimate of drug-likeness (QED) is 0.388. The molecule has 0 unspecified atom stereocenters. The summed E-state index contributed by atoms with van der Waals surface area (Å²) in [5.74, 6) is 1.58. The van der Waals surface area contributed by atoms with E-state index in [0.29, 0.717) is 16.7 Å². The van der Waals surface area contributed by atoms with Crippen molar-refractivity contribution in [3.8, 4) is 0 Å². The van der Waals surface area contributed by atoms with Gasteiger partial charge in [0.05, 0.1) is 0 Å². The van der Waals surface area contributed by atoms with E-state index in [4.69, 9.17) is 11.6 Å². The van der Waals surface area contributed by atoms with Crippen molar-refractivity contribution in [2.75, 3.05) is 13.1 Å². The zero-order chi connectivity index (χ0) is 20.9. The number of rotatable bonds is 8. The minimum Gasteiger partial charge on any atom is -0.317 e. The van der Waals surface area contributed by atoms with Crippen LogP contribution in [-0.2, 0) is 6.42 Å². The van der Waals surface area contributed by atoms with Gasteiger partial charge >= 0.3 is 0 Å². The molecule has 3 rings (SSSR count). The Hall–Kier alpha value is -0.240. The van der Waals surface area contributed by atoms with Crippen molar-refractivity contribution in [3.05, 3.63) is 34.3 Å². The Morgan fingerprint density at radius 1 is 0.967 bits per heavy atom. The molecule has 0 aromatic heterocycles. The zero-order valence-electron chi connectivity index (χ0n) is 19.9. The normalized spacial score (nSPS) is 21.9. The van der Waals surface area contributed by atoms with Crippen LogP contribution >= 0.6 is 24.0 Å². The summed E-state index contributed by atoms with van der Waals surface area (Å²) in [5.41, 5.74) is 3.57. The maximum atomic E-state index is 6.78. The third-order valence-electron chi connectivity index (χ3n) is 7.33. The third-order valence-corrected chi connectivity index (χ3v) is 7.66. The van der Waals surface area contributed by atoms with E-state index in [1.54, 1.807) is 0 Å². The third kappa shape index (κ3) is 8.03. The Morgan fingerprint density at radius 2 is 1.63 bits per heavy atom. The molecular formula is C27H45Cl2N. The first kappa shape index (κ1) is 26.0. The summed E-state index contributed by atoms with van der Waals surface area (Å²) >= 11 is 6.78. The molecule has 0 amide bonds. The Labute approximate surface area is 197 Å². The molecule has 2 aliphatic carbocycles. The Bertz CT molecular complexity index is 630. The van der Waals surface area contributed by atoms with Crippen LogP contribution in [0, 0.1) is 16.7 Å². The summed E-state index contributed by atoms with van der Waals surface area (Å²) in [5, 5.41) is 4.66. The van der Waals surface area contributed by atoms with Crippen LogP contribution in [0.3, 0.4) is 0 Å². The van der Waals surface area contributed by atoms with Crippen LogP contribution in [-0.4, -0.2) is 13.1 Å². The van der Waals surface area contributed by atoms with Gasteiger partial charge in [-0.1, -0.05) is 83.5 Å². The fraction of sp³-hybridized carbons (Fsp3) is 0.778. The molecule has 172 valence electrons. The zero-order valence-corrected chi connectivity index (χ0v) is 21.4. The average molecular weight is 455 g/mol. The van der Waals surface area contributed by atoms with Gasteiger partial charge in [-0.05, 0) is 91.5 Å². The lowest BCUT2D eigenvalue weighted by atomic mass is 9.60. The second kappa shape index (κ2) is 11.6. The Kier molecular flexibility index (Phi) is 10.0. The standard InChI is InChI=1S/C27H44ClN.ClH/c1-26(2)18-23(19-27(3,4)20-26)24-13-12-22(17-25(24)28)11-8-15-29-16-14-21-9-6-5-7-10-21;/h12-13,17,21,23,29H,5-11,14-16,18-20H2,1-4H3;1H. The van der Waals surface area contributed by atoms with Crippen molar-refractivity contribution in [1.29, 1.82) is 0 Å². The maximum Gasteiger partial charge on any atom is 0.0443 e. The van der Waals surface area contributed by atoms with E-state index in [1.165, 1.54) is 81.9 Å². The predicted molar refractivity (Wildman–Crippen MR) is 135 cm³/mol. The fourth-order valence-electron chi connectivity index (χ4n) is 6.45. The lowest BCUT2D eigenvalue weighted by Gasteiger charge is -2.45. The van der Waals surface area contributed by atoms with Gasteiger partial charge in [0.25, 0.3) is 0 Å². The van der Waals surface area contributed by atoms with Crippen LogP contribution in [0.1, 0.15) is 109 Å². The van der Waals surface area contributed by atoms with Gasteiger partial charge in [0.1, 0.15) is 0 Å². The molecule has 1 aromatic rings. The van der Waals surface area contributed by atoms with Crippen LogP contribution in [0.15, 0.2) is 18.2 Å². The number of hydrogen-bond acceptors (Lipinski definition) is 1. The van der Waals surface area contributed by atoms with Crippen molar-refractivity contribution in [1.82, 2.24) is 5.32 Å². The van der Waals surface area contributed by atoms with Crippen LogP contribution < -0.4 is 5.32 Å². The minimum atomic E-state index is 0. The SMILES string of the molecule is CC1(C)CC(c2ccc(CCCNCCC3CCCCC3)cc2Cl)CC(C)(C)C1.Cl. The van der Waals surface area contributed by atoms with Gasteiger partial charge in [-0.25, -0.2) is 0 Å². The molecule has 1 N–H and O–H groups in total. The van der Waals surface area contributed by atoms with Gasteiger partial charge in [-0.15, -0.1) is 12.4 Å². The number of nitrogens with one attached hydrogen (secondary N) is 1. The molecule has 2 fully saturated rings. The molecule has 0 bridgehead atoms. The number of aryl methyl sites for hydroxylation is 1. The molecule has 30 heavy (non-hydrogen) atoms. The second-order valence-corrected chi connectivity index (χ2v) is 12.0. The number of hydrogen-bond donors (Lipinski definition) is 1. The van der Waals surface area contributed by atoms with Crippen molar-refractivity contribution < 1.29 is 0 Å². The van der Waals surface area contributed by atoms with Crippen molar-refractivity contribution in [2.45, 2.75) is 104 Å². The first-order chi connectivity index (χ1) is 13.7. The van der Waals surface area contributed by atoms with E-state index in [0.717, 1.165) is 23.9 Å². The van der Waals surface area contributed by atoms with Crippen LogP contribution in [0.2, 0.25) is 5.02 Å². The van der Waals surface area contributed by atoms with Gasteiger partial charge in [0, 0.05) is 5.02 Å². The summed E-state index contributed by atoms with van der Waals surface area (Å²) < 4.78 is 0. The summed E-state index contributed by atoms with van der Waals surface area (Å²) in [4.78, 5) is 0. The lowest BCUT2D eigenvalue weighted by Crippen LogP contribution is -2.33. The van der Waals surface area contributed by atoms with E-state index in [2.05, 4.69) is 51.2 Å². The molecule has 3 heteroatoms. The Balaban J connectivity index is 0.00000320. The summed E-state index contributed by atoms with van der Waals surface area (Å²) in [6.45, 7) is 12.0. The predicted octanol–water partition coefficient (Wildman–Crippen LogP) is 8.57. The smallest absolute Gasteiger partial charge is 0.0443 e. The molecule has 0 saturated heterocycles. The largest absolute Gasteiger partial charge is 0.317 e. The highest BCUT2D eigenvalue weighted by molar-refractivity contribution is 6.31. The van der Waals surface area contributed by atoms with E-state index in [1.807, 2.05) is 0 Å². The molecule has 0 heterocycles. The van der Waals surface area contributed by atoms with Crippen LogP contribution in [0.4, 0.5) is 0 Å². The van der Waals surface area contributed by atoms with Crippen molar-refractivity contribution in [3.63, 3.8) is 0 Å². The van der Waals surface area contributed by atoms with E-state index in [9.17, 15) is 0 Å². The highest BCUT2D eigenvalue weighted by atomic mass is 35.5. The van der Waals surface area contributed by atoms with Crippen LogP contribution in [0.25, 0.3) is 0 Å². The highest BCUT2D eigenvalue weighted by Crippen LogP contribution is 2.52. The molecule has 0 aliphatic heterocycles. The second-order valence-electron chi connectivity index (χ2n) is 11.6. The number of benzene rings is 1. The average Bonchev–Trinajstić information content (AvgIpc) is 2.63. The van der Waals surface area contributed by atoms with Gasteiger partial charge in [-0.3, -0.25) is 0 Å². The summed E-state index contributed by atoms with van der Waals surface area (Å²) in [7, 11) is 0. The monoisotopic (exact) mass is 453 g/mol. The minimum absolute atomic E-state index is 0. The molecule has 1 aromatic carbocycles. The van der Waals surface area contributed by atoms with Crippen molar-refractivity contribution in [2.24, 2.45) is 16.7 Å². The lowest BCUT2D eigenvalue weighted by molar-refractivity contribution is 0.0969. The molecule has 1 nitrogen and oxygen atoms in total. The highest BCUT2D eigenvalue weighted by Gasteiger charge is 2.39. The van der Waals surface area contributed by atoms with Gasteiger partial charge in [-0.2, -0.15) is 0 Å². The van der Waals surface area contributed by atoms with Gasteiger partial charge in [0.15, 0.2) is 0 Å². The topological polar surface area (TPSA) is 12.0 Å². The van der Waals surface area contributed by atoms with E-state index >= 15 is 0 Å². The van der Waals surface area contributed by atoms with Gasteiger partial charge < -0.3 is 5.32 Å². The molecule has 0 spiro atoms.